The first-order chi connectivity index (χ1) is 10.5. The lowest BCUT2D eigenvalue weighted by atomic mass is 9.95. The minimum atomic E-state index is -4.41. The normalized spacial score (nSPS) is 16.6. The number of halogens is 3. The lowest BCUT2D eigenvalue weighted by molar-refractivity contribution is -0.137. The molecule has 1 N–H and O–H groups in total. The molecule has 0 unspecified atom stereocenters. The van der Waals surface area contributed by atoms with Gasteiger partial charge in [-0.05, 0) is 50.0 Å². The van der Waals surface area contributed by atoms with Gasteiger partial charge in [0.05, 0.1) is 16.8 Å². The zero-order chi connectivity index (χ0) is 16.2. The van der Waals surface area contributed by atoms with E-state index in [4.69, 9.17) is 5.26 Å². The summed E-state index contributed by atoms with van der Waals surface area (Å²) in [7, 11) is 0. The molecule has 22 heavy (non-hydrogen) atoms. The molecule has 0 amide bonds. The van der Waals surface area contributed by atoms with E-state index in [2.05, 4.69) is 12.2 Å². The second kappa shape index (κ2) is 7.01. The molecule has 0 aliphatic carbocycles. The molecule has 1 aromatic carbocycles. The van der Waals surface area contributed by atoms with Crippen molar-refractivity contribution in [3.63, 3.8) is 0 Å². The minimum absolute atomic E-state index is 0.0972. The predicted molar refractivity (Wildman–Crippen MR) is 79.6 cm³/mol. The highest BCUT2D eigenvalue weighted by Crippen LogP contribution is 2.33. The van der Waals surface area contributed by atoms with Crippen LogP contribution < -0.4 is 10.2 Å². The molecule has 1 aliphatic heterocycles. The van der Waals surface area contributed by atoms with Crippen LogP contribution in [0.1, 0.15) is 30.9 Å². The Labute approximate surface area is 128 Å². The Morgan fingerprint density at radius 2 is 2.00 bits per heavy atom. The van der Waals surface area contributed by atoms with Gasteiger partial charge < -0.3 is 10.2 Å². The first-order valence-electron chi connectivity index (χ1n) is 7.52. The topological polar surface area (TPSA) is 39.1 Å². The third-order valence-electron chi connectivity index (χ3n) is 4.08. The molecule has 2 rings (SSSR count). The van der Waals surface area contributed by atoms with Gasteiger partial charge in [0.25, 0.3) is 0 Å². The Balaban J connectivity index is 2.09. The first-order valence-corrected chi connectivity index (χ1v) is 7.52. The van der Waals surface area contributed by atoms with Gasteiger partial charge in [-0.2, -0.15) is 18.4 Å². The number of piperidine rings is 1. The number of hydrogen-bond acceptors (Lipinski definition) is 3. The lowest BCUT2D eigenvalue weighted by Gasteiger charge is -2.34. The maximum absolute atomic E-state index is 12.7. The molecule has 6 heteroatoms. The van der Waals surface area contributed by atoms with Gasteiger partial charge in [0.15, 0.2) is 0 Å². The molecule has 0 atom stereocenters. The zero-order valence-electron chi connectivity index (χ0n) is 12.6. The van der Waals surface area contributed by atoms with Crippen LogP contribution in [-0.2, 0) is 6.18 Å². The summed E-state index contributed by atoms with van der Waals surface area (Å²) in [5, 5.41) is 12.5. The Morgan fingerprint density at radius 1 is 1.32 bits per heavy atom. The summed E-state index contributed by atoms with van der Waals surface area (Å²) in [5.74, 6) is 0.594. The van der Waals surface area contributed by atoms with Gasteiger partial charge in [-0.25, -0.2) is 0 Å². The van der Waals surface area contributed by atoms with Crippen LogP contribution in [-0.4, -0.2) is 26.2 Å². The van der Waals surface area contributed by atoms with Gasteiger partial charge in [-0.15, -0.1) is 0 Å². The molecule has 3 nitrogen and oxygen atoms in total. The summed E-state index contributed by atoms with van der Waals surface area (Å²) in [5.41, 5.74) is -0.0628. The van der Waals surface area contributed by atoms with E-state index in [-0.39, 0.29) is 5.56 Å². The fourth-order valence-corrected chi connectivity index (χ4v) is 2.80. The van der Waals surface area contributed by atoms with E-state index in [9.17, 15) is 13.2 Å². The van der Waals surface area contributed by atoms with Gasteiger partial charge in [0.2, 0.25) is 0 Å². The maximum Gasteiger partial charge on any atom is 0.416 e. The fourth-order valence-electron chi connectivity index (χ4n) is 2.80. The van der Waals surface area contributed by atoms with Gasteiger partial charge in [0.1, 0.15) is 6.07 Å². The molecule has 120 valence electrons. The number of nitrogens with zero attached hydrogens (tertiary/aromatic N) is 2. The number of nitriles is 1. The summed E-state index contributed by atoms with van der Waals surface area (Å²) in [6, 6.07) is 5.32. The van der Waals surface area contributed by atoms with E-state index in [1.807, 2.05) is 11.0 Å². The van der Waals surface area contributed by atoms with Crippen LogP contribution >= 0.6 is 0 Å². The largest absolute Gasteiger partial charge is 0.416 e. The molecular weight excluding hydrogens is 291 g/mol. The molecule has 0 bridgehead atoms. The lowest BCUT2D eigenvalue weighted by Crippen LogP contribution is -2.37. The Hall–Kier alpha value is -1.74. The van der Waals surface area contributed by atoms with Crippen LogP contribution in [0.3, 0.4) is 0 Å². The van der Waals surface area contributed by atoms with Crippen molar-refractivity contribution in [2.45, 2.75) is 25.9 Å². The van der Waals surface area contributed by atoms with Crippen molar-refractivity contribution >= 4 is 5.69 Å². The average Bonchev–Trinajstić information content (AvgIpc) is 2.52. The standard InChI is InChI=1S/C16H20F3N3/c1-2-21-11-12-5-7-22(8-6-12)15-4-3-14(16(17,18)19)9-13(15)10-20/h3-4,9,12,21H,2,5-8,11H2,1H3. The van der Waals surface area contributed by atoms with Crippen LogP contribution in [0.15, 0.2) is 18.2 Å². The van der Waals surface area contributed by atoms with Gasteiger partial charge in [-0.1, -0.05) is 6.92 Å². The SMILES string of the molecule is CCNCC1CCN(c2ccc(C(F)(F)F)cc2C#N)CC1. The monoisotopic (exact) mass is 311 g/mol. The predicted octanol–water partition coefficient (Wildman–Crippen LogP) is 3.40. The van der Waals surface area contributed by atoms with Crippen molar-refractivity contribution in [1.82, 2.24) is 5.32 Å². The smallest absolute Gasteiger partial charge is 0.370 e. The highest BCUT2D eigenvalue weighted by molar-refractivity contribution is 5.61. The number of alkyl halides is 3. The second-order valence-corrected chi connectivity index (χ2v) is 5.58. The van der Waals surface area contributed by atoms with Crippen molar-refractivity contribution in [3.8, 4) is 6.07 Å². The van der Waals surface area contributed by atoms with Crippen molar-refractivity contribution < 1.29 is 13.2 Å². The highest BCUT2D eigenvalue weighted by Gasteiger charge is 2.31. The van der Waals surface area contributed by atoms with Crippen molar-refractivity contribution in [2.24, 2.45) is 5.92 Å². The molecule has 1 fully saturated rings. The molecule has 0 aromatic heterocycles. The quantitative estimate of drug-likeness (QED) is 0.926. The second-order valence-electron chi connectivity index (χ2n) is 5.58. The van der Waals surface area contributed by atoms with Crippen LogP contribution in [0, 0.1) is 17.2 Å². The summed E-state index contributed by atoms with van der Waals surface area (Å²) in [6.07, 6.45) is -2.44. The van der Waals surface area contributed by atoms with Gasteiger partial charge in [-0.3, -0.25) is 0 Å². The molecule has 0 radical (unpaired) electrons. The van der Waals surface area contributed by atoms with E-state index in [0.29, 0.717) is 11.6 Å². The zero-order valence-corrected chi connectivity index (χ0v) is 12.6. The van der Waals surface area contributed by atoms with Crippen LogP contribution in [0.2, 0.25) is 0 Å². The fraction of sp³-hybridized carbons (Fsp3) is 0.562. The van der Waals surface area contributed by atoms with Crippen LogP contribution in [0.4, 0.5) is 18.9 Å². The number of benzene rings is 1. The Kier molecular flexibility index (Phi) is 5.30. The number of nitrogens with one attached hydrogen (secondary N) is 1. The van der Waals surface area contributed by atoms with Gasteiger partial charge in [0, 0.05) is 13.1 Å². The molecule has 1 heterocycles. The maximum atomic E-state index is 12.7. The molecule has 1 saturated heterocycles. The number of hydrogen-bond donors (Lipinski definition) is 1. The van der Waals surface area contributed by atoms with E-state index in [0.717, 1.165) is 51.2 Å². The van der Waals surface area contributed by atoms with E-state index in [1.165, 1.54) is 6.07 Å². The minimum Gasteiger partial charge on any atom is -0.370 e. The van der Waals surface area contributed by atoms with Crippen LogP contribution in [0.25, 0.3) is 0 Å². The average molecular weight is 311 g/mol. The summed E-state index contributed by atoms with van der Waals surface area (Å²) >= 11 is 0. The molecule has 0 saturated carbocycles. The van der Waals surface area contributed by atoms with Crippen molar-refractivity contribution in [2.75, 3.05) is 31.1 Å². The molecule has 1 aromatic rings. The number of anilines is 1. The third-order valence-corrected chi connectivity index (χ3v) is 4.08. The van der Waals surface area contributed by atoms with Crippen molar-refractivity contribution in [1.29, 1.82) is 5.26 Å². The van der Waals surface area contributed by atoms with E-state index >= 15 is 0 Å². The number of rotatable bonds is 4. The third kappa shape index (κ3) is 3.92. The molecular formula is C16H20F3N3. The highest BCUT2D eigenvalue weighted by atomic mass is 19.4. The Bertz CT molecular complexity index is 541. The van der Waals surface area contributed by atoms with Crippen molar-refractivity contribution in [3.05, 3.63) is 29.3 Å². The summed E-state index contributed by atoms with van der Waals surface area (Å²) in [6.45, 7) is 5.53. The first kappa shape index (κ1) is 16.6. The van der Waals surface area contributed by atoms with E-state index in [1.54, 1.807) is 0 Å². The van der Waals surface area contributed by atoms with Crippen LogP contribution in [0.5, 0.6) is 0 Å². The van der Waals surface area contributed by atoms with E-state index < -0.39 is 11.7 Å². The molecule has 1 aliphatic rings. The molecule has 0 spiro atoms. The Morgan fingerprint density at radius 3 is 2.55 bits per heavy atom. The van der Waals surface area contributed by atoms with Gasteiger partial charge >= 0.3 is 6.18 Å². The summed E-state index contributed by atoms with van der Waals surface area (Å²) < 4.78 is 38.2. The summed E-state index contributed by atoms with van der Waals surface area (Å²) in [4.78, 5) is 2.02.